The SMILES string of the molecule is CCOCC(C)N1CCC(CNC)C1. The molecule has 1 aliphatic heterocycles. The number of nitrogens with one attached hydrogen (secondary N) is 1. The van der Waals surface area contributed by atoms with Crippen LogP contribution in [0.25, 0.3) is 0 Å². The van der Waals surface area contributed by atoms with Gasteiger partial charge in [-0.25, -0.2) is 0 Å². The highest BCUT2D eigenvalue weighted by Crippen LogP contribution is 2.17. The first-order chi connectivity index (χ1) is 6.77. The van der Waals surface area contributed by atoms with Gasteiger partial charge in [-0.15, -0.1) is 0 Å². The van der Waals surface area contributed by atoms with Crippen molar-refractivity contribution in [3.05, 3.63) is 0 Å². The predicted octanol–water partition coefficient (Wildman–Crippen LogP) is 0.953. The molecule has 1 N–H and O–H groups in total. The Morgan fingerprint density at radius 1 is 1.57 bits per heavy atom. The molecule has 0 aromatic rings. The number of hydrogen-bond acceptors (Lipinski definition) is 3. The van der Waals surface area contributed by atoms with Crippen LogP contribution >= 0.6 is 0 Å². The fourth-order valence-electron chi connectivity index (χ4n) is 2.11. The molecule has 1 fully saturated rings. The topological polar surface area (TPSA) is 24.5 Å². The molecule has 2 atom stereocenters. The first kappa shape index (κ1) is 12.0. The Hall–Kier alpha value is -0.120. The smallest absolute Gasteiger partial charge is 0.0618 e. The second-order valence-corrected chi connectivity index (χ2v) is 4.22. The summed E-state index contributed by atoms with van der Waals surface area (Å²) >= 11 is 0. The van der Waals surface area contributed by atoms with Crippen LogP contribution in [0, 0.1) is 5.92 Å². The van der Waals surface area contributed by atoms with Crippen molar-refractivity contribution in [2.24, 2.45) is 5.92 Å². The van der Waals surface area contributed by atoms with Crippen molar-refractivity contribution in [3.63, 3.8) is 0 Å². The molecule has 0 aliphatic carbocycles. The van der Waals surface area contributed by atoms with Gasteiger partial charge in [0.05, 0.1) is 6.61 Å². The van der Waals surface area contributed by atoms with Gasteiger partial charge in [-0.1, -0.05) is 0 Å². The van der Waals surface area contributed by atoms with Crippen LogP contribution in [0.5, 0.6) is 0 Å². The highest BCUT2D eigenvalue weighted by Gasteiger charge is 2.25. The molecule has 3 nitrogen and oxygen atoms in total. The lowest BCUT2D eigenvalue weighted by molar-refractivity contribution is 0.0828. The van der Waals surface area contributed by atoms with Gasteiger partial charge < -0.3 is 10.1 Å². The molecule has 0 spiro atoms. The van der Waals surface area contributed by atoms with Crippen molar-refractivity contribution in [2.75, 3.05) is 39.9 Å². The van der Waals surface area contributed by atoms with Crippen LogP contribution in [0.15, 0.2) is 0 Å². The fourth-order valence-corrected chi connectivity index (χ4v) is 2.11. The van der Waals surface area contributed by atoms with E-state index in [4.69, 9.17) is 4.74 Å². The standard InChI is InChI=1S/C11H24N2O/c1-4-14-9-10(2)13-6-5-11(8-13)7-12-3/h10-12H,4-9H2,1-3H3. The molecule has 3 heteroatoms. The largest absolute Gasteiger partial charge is 0.380 e. The zero-order valence-corrected chi connectivity index (χ0v) is 9.75. The first-order valence-electron chi connectivity index (χ1n) is 5.74. The molecule has 1 aliphatic rings. The van der Waals surface area contributed by atoms with Gasteiger partial charge in [0, 0.05) is 19.2 Å². The number of likely N-dealkylation sites (tertiary alicyclic amines) is 1. The second-order valence-electron chi connectivity index (χ2n) is 4.22. The zero-order chi connectivity index (χ0) is 10.4. The van der Waals surface area contributed by atoms with E-state index >= 15 is 0 Å². The van der Waals surface area contributed by atoms with Gasteiger partial charge in [0.2, 0.25) is 0 Å². The average Bonchev–Trinajstić information content (AvgIpc) is 2.63. The van der Waals surface area contributed by atoms with E-state index in [9.17, 15) is 0 Å². The molecule has 0 bridgehead atoms. The third-order valence-electron chi connectivity index (χ3n) is 3.00. The van der Waals surface area contributed by atoms with E-state index in [-0.39, 0.29) is 0 Å². The van der Waals surface area contributed by atoms with Crippen LogP contribution in [0.3, 0.4) is 0 Å². The minimum Gasteiger partial charge on any atom is -0.380 e. The van der Waals surface area contributed by atoms with Crippen molar-refractivity contribution in [1.29, 1.82) is 0 Å². The monoisotopic (exact) mass is 200 g/mol. The van der Waals surface area contributed by atoms with Crippen LogP contribution in [0.2, 0.25) is 0 Å². The zero-order valence-electron chi connectivity index (χ0n) is 9.75. The molecule has 0 aromatic heterocycles. The summed E-state index contributed by atoms with van der Waals surface area (Å²) in [6.07, 6.45) is 1.33. The Bertz CT molecular complexity index is 152. The Morgan fingerprint density at radius 2 is 2.36 bits per heavy atom. The summed E-state index contributed by atoms with van der Waals surface area (Å²) < 4.78 is 5.45. The van der Waals surface area contributed by atoms with E-state index in [0.29, 0.717) is 6.04 Å². The summed E-state index contributed by atoms with van der Waals surface area (Å²) in [5.74, 6) is 0.837. The number of ether oxygens (including phenoxy) is 1. The maximum Gasteiger partial charge on any atom is 0.0618 e. The molecule has 0 radical (unpaired) electrons. The Labute approximate surface area is 87.8 Å². The summed E-state index contributed by atoms with van der Waals surface area (Å²) in [6, 6.07) is 0.580. The van der Waals surface area contributed by atoms with Gasteiger partial charge in [0.1, 0.15) is 0 Å². The first-order valence-corrected chi connectivity index (χ1v) is 5.74. The van der Waals surface area contributed by atoms with Crippen molar-refractivity contribution in [3.8, 4) is 0 Å². The molecule has 1 saturated heterocycles. The average molecular weight is 200 g/mol. The lowest BCUT2D eigenvalue weighted by atomic mass is 10.1. The van der Waals surface area contributed by atoms with Gasteiger partial charge in [-0.3, -0.25) is 4.90 Å². The van der Waals surface area contributed by atoms with Crippen LogP contribution in [-0.4, -0.2) is 50.8 Å². The number of hydrogen-bond donors (Lipinski definition) is 1. The fraction of sp³-hybridized carbons (Fsp3) is 1.00. The van der Waals surface area contributed by atoms with Gasteiger partial charge in [0.15, 0.2) is 0 Å². The molecule has 84 valence electrons. The number of rotatable bonds is 6. The highest BCUT2D eigenvalue weighted by atomic mass is 16.5. The van der Waals surface area contributed by atoms with Gasteiger partial charge in [-0.05, 0) is 46.3 Å². The van der Waals surface area contributed by atoms with Crippen molar-refractivity contribution in [1.82, 2.24) is 10.2 Å². The molecule has 0 aromatic carbocycles. The van der Waals surface area contributed by atoms with E-state index in [1.54, 1.807) is 0 Å². The minimum atomic E-state index is 0.580. The van der Waals surface area contributed by atoms with Crippen molar-refractivity contribution in [2.45, 2.75) is 26.3 Å². The van der Waals surface area contributed by atoms with Crippen LogP contribution in [-0.2, 0) is 4.74 Å². The van der Waals surface area contributed by atoms with Gasteiger partial charge in [0.25, 0.3) is 0 Å². The van der Waals surface area contributed by atoms with Crippen molar-refractivity contribution < 1.29 is 4.74 Å². The van der Waals surface area contributed by atoms with E-state index < -0.39 is 0 Å². The molecule has 0 saturated carbocycles. The minimum absolute atomic E-state index is 0.580. The maximum absolute atomic E-state index is 5.45. The summed E-state index contributed by atoms with van der Waals surface area (Å²) in [5, 5.41) is 3.25. The number of nitrogens with zero attached hydrogens (tertiary/aromatic N) is 1. The summed E-state index contributed by atoms with van der Waals surface area (Å²) in [4.78, 5) is 2.54. The summed E-state index contributed by atoms with van der Waals surface area (Å²) in [7, 11) is 2.03. The molecule has 1 rings (SSSR count). The lowest BCUT2D eigenvalue weighted by Crippen LogP contribution is -2.35. The molecule has 1 heterocycles. The van der Waals surface area contributed by atoms with Gasteiger partial charge >= 0.3 is 0 Å². The Balaban J connectivity index is 2.19. The third-order valence-corrected chi connectivity index (χ3v) is 3.00. The third kappa shape index (κ3) is 3.56. The quantitative estimate of drug-likeness (QED) is 0.691. The maximum atomic E-state index is 5.45. The molecule has 2 unspecified atom stereocenters. The van der Waals surface area contributed by atoms with E-state index in [0.717, 1.165) is 25.7 Å². The van der Waals surface area contributed by atoms with E-state index in [1.807, 2.05) is 7.05 Å². The van der Waals surface area contributed by atoms with E-state index in [1.165, 1.54) is 19.5 Å². The second kappa shape index (κ2) is 6.38. The Kier molecular flexibility index (Phi) is 5.45. The lowest BCUT2D eigenvalue weighted by Gasteiger charge is -2.23. The van der Waals surface area contributed by atoms with E-state index in [2.05, 4.69) is 24.1 Å². The van der Waals surface area contributed by atoms with Crippen LogP contribution < -0.4 is 5.32 Å². The molecular formula is C11H24N2O. The Morgan fingerprint density at radius 3 is 3.00 bits per heavy atom. The molecule has 14 heavy (non-hydrogen) atoms. The molecule has 0 amide bonds. The summed E-state index contributed by atoms with van der Waals surface area (Å²) in [6.45, 7) is 9.65. The van der Waals surface area contributed by atoms with Crippen molar-refractivity contribution >= 4 is 0 Å². The van der Waals surface area contributed by atoms with Crippen LogP contribution in [0.1, 0.15) is 20.3 Å². The highest BCUT2D eigenvalue weighted by molar-refractivity contribution is 4.80. The normalized spacial score (nSPS) is 25.5. The van der Waals surface area contributed by atoms with Gasteiger partial charge in [-0.2, -0.15) is 0 Å². The predicted molar refractivity (Wildman–Crippen MR) is 59.6 cm³/mol. The molecular weight excluding hydrogens is 176 g/mol. The van der Waals surface area contributed by atoms with Crippen LogP contribution in [0.4, 0.5) is 0 Å². The summed E-state index contributed by atoms with van der Waals surface area (Å²) in [5.41, 5.74) is 0.